The third-order valence-corrected chi connectivity index (χ3v) is 6.71. The minimum Gasteiger partial charge on any atom is -0.366 e. The fourth-order valence-corrected chi connectivity index (χ4v) is 5.14. The second-order valence-electron chi connectivity index (χ2n) is 9.35. The summed E-state index contributed by atoms with van der Waals surface area (Å²) in [6, 6.07) is 10.1. The Hall–Kier alpha value is -2.89. The summed E-state index contributed by atoms with van der Waals surface area (Å²) in [5.41, 5.74) is 2.17. The Kier molecular flexibility index (Phi) is 4.72. The normalized spacial score (nSPS) is 21.1. The molecule has 1 aliphatic heterocycles. The van der Waals surface area contributed by atoms with E-state index < -0.39 is 0 Å². The van der Waals surface area contributed by atoms with Gasteiger partial charge in [-0.1, -0.05) is 25.3 Å². The number of benzene rings is 1. The first kappa shape index (κ1) is 19.1. The van der Waals surface area contributed by atoms with E-state index in [0.29, 0.717) is 17.5 Å². The highest BCUT2D eigenvalue weighted by Gasteiger charge is 2.39. The van der Waals surface area contributed by atoms with Gasteiger partial charge < -0.3 is 10.6 Å². The number of nitrogens with one attached hydrogen (secondary N) is 2. The maximum atomic E-state index is 13.2. The fraction of sp³-hybridized carbons (Fsp3) is 0.458. The molecule has 2 aliphatic rings. The molecule has 6 heteroatoms. The van der Waals surface area contributed by atoms with Crippen LogP contribution in [0.5, 0.6) is 0 Å². The zero-order chi connectivity index (χ0) is 20.7. The van der Waals surface area contributed by atoms with E-state index in [1.807, 2.05) is 35.0 Å². The van der Waals surface area contributed by atoms with Gasteiger partial charge >= 0.3 is 0 Å². The van der Waals surface area contributed by atoms with Crippen LogP contribution in [0.15, 0.2) is 42.7 Å². The topological polar surface area (TPSA) is 71.8 Å². The van der Waals surface area contributed by atoms with Crippen LogP contribution in [-0.2, 0) is 5.54 Å². The molecule has 156 valence electrons. The average Bonchev–Trinajstić information content (AvgIpc) is 3.19. The summed E-state index contributed by atoms with van der Waals surface area (Å²) in [7, 11) is 0. The Labute approximate surface area is 177 Å². The van der Waals surface area contributed by atoms with Gasteiger partial charge in [0.25, 0.3) is 5.91 Å². The molecule has 1 aliphatic carbocycles. The molecule has 1 saturated carbocycles. The number of rotatable bonds is 3. The Morgan fingerprint density at radius 3 is 2.87 bits per heavy atom. The minimum absolute atomic E-state index is 0.115. The van der Waals surface area contributed by atoms with E-state index in [1.165, 1.54) is 32.1 Å². The van der Waals surface area contributed by atoms with Crippen LogP contribution in [0.1, 0.15) is 62.7 Å². The summed E-state index contributed by atoms with van der Waals surface area (Å²) in [6.45, 7) is 4.44. The highest BCUT2D eigenvalue weighted by molar-refractivity contribution is 6.08. The molecular formula is C24H29N5O. The first-order chi connectivity index (χ1) is 14.5. The van der Waals surface area contributed by atoms with Crippen molar-refractivity contribution in [1.82, 2.24) is 14.8 Å². The van der Waals surface area contributed by atoms with Crippen molar-refractivity contribution in [3.05, 3.63) is 48.3 Å². The molecule has 3 aromatic rings. The van der Waals surface area contributed by atoms with Crippen molar-refractivity contribution in [1.29, 1.82) is 0 Å². The van der Waals surface area contributed by atoms with E-state index in [2.05, 4.69) is 34.6 Å². The van der Waals surface area contributed by atoms with E-state index in [-0.39, 0.29) is 11.4 Å². The molecule has 0 radical (unpaired) electrons. The molecule has 30 heavy (non-hydrogen) atoms. The van der Waals surface area contributed by atoms with Crippen LogP contribution in [-0.4, -0.2) is 26.7 Å². The Bertz CT molecular complexity index is 1080. The van der Waals surface area contributed by atoms with Gasteiger partial charge in [0.05, 0.1) is 17.3 Å². The summed E-state index contributed by atoms with van der Waals surface area (Å²) < 4.78 is 1.99. The van der Waals surface area contributed by atoms with Crippen LogP contribution in [0, 0.1) is 5.92 Å². The third kappa shape index (κ3) is 3.44. The maximum Gasteiger partial charge on any atom is 0.261 e. The van der Waals surface area contributed by atoms with E-state index in [0.717, 1.165) is 28.8 Å². The highest BCUT2D eigenvalue weighted by atomic mass is 16.1. The molecule has 2 aromatic heterocycles. The molecule has 0 bridgehead atoms. The number of hydrogen-bond acceptors (Lipinski definition) is 4. The van der Waals surface area contributed by atoms with E-state index in [1.54, 1.807) is 12.4 Å². The summed E-state index contributed by atoms with van der Waals surface area (Å²) in [5.74, 6) is 1.39. The SMILES string of the molecule is CC1(C)CC(C2CCCCC2)Nc2c(C(=O)Nc3ccc4ncccc4c3)cnn21. The number of hydrogen-bond donors (Lipinski definition) is 2. The van der Waals surface area contributed by atoms with E-state index in [9.17, 15) is 4.79 Å². The van der Waals surface area contributed by atoms with Crippen LogP contribution >= 0.6 is 0 Å². The van der Waals surface area contributed by atoms with Crippen LogP contribution in [0.4, 0.5) is 11.5 Å². The van der Waals surface area contributed by atoms with Crippen molar-refractivity contribution in [2.45, 2.75) is 64.0 Å². The van der Waals surface area contributed by atoms with Gasteiger partial charge in [0, 0.05) is 23.3 Å². The standard InChI is InChI=1S/C24H29N5O/c1-24(2)14-21(16-7-4-3-5-8-16)28-22-19(15-26-29(22)24)23(30)27-18-10-11-20-17(13-18)9-6-12-25-20/h6,9-13,15-16,21,28H,3-5,7-8,14H2,1-2H3,(H,27,30). The summed E-state index contributed by atoms with van der Waals surface area (Å²) in [6.07, 6.45) is 11.0. The molecule has 2 N–H and O–H groups in total. The zero-order valence-corrected chi connectivity index (χ0v) is 17.7. The first-order valence-electron chi connectivity index (χ1n) is 11.0. The third-order valence-electron chi connectivity index (χ3n) is 6.71. The number of aromatic nitrogens is 3. The first-order valence-corrected chi connectivity index (χ1v) is 11.0. The molecule has 1 atom stereocenters. The number of carbonyl (C=O) groups excluding carboxylic acids is 1. The lowest BCUT2D eigenvalue weighted by molar-refractivity contribution is 0.102. The van der Waals surface area contributed by atoms with Crippen molar-refractivity contribution >= 4 is 28.3 Å². The second-order valence-corrected chi connectivity index (χ2v) is 9.35. The van der Waals surface area contributed by atoms with Gasteiger partial charge in [0.15, 0.2) is 0 Å². The number of fused-ring (bicyclic) bond motifs is 2. The van der Waals surface area contributed by atoms with Crippen molar-refractivity contribution in [2.24, 2.45) is 5.92 Å². The largest absolute Gasteiger partial charge is 0.366 e. The predicted octanol–water partition coefficient (Wildman–Crippen LogP) is 5.18. The lowest BCUT2D eigenvalue weighted by Crippen LogP contribution is -2.45. The molecule has 0 spiro atoms. The van der Waals surface area contributed by atoms with Gasteiger partial charge in [-0.2, -0.15) is 5.10 Å². The van der Waals surface area contributed by atoms with Gasteiger partial charge in [-0.3, -0.25) is 9.78 Å². The number of pyridine rings is 1. The quantitative estimate of drug-likeness (QED) is 0.632. The van der Waals surface area contributed by atoms with Gasteiger partial charge in [0.1, 0.15) is 11.4 Å². The Morgan fingerprint density at radius 2 is 2.03 bits per heavy atom. The number of carbonyl (C=O) groups is 1. The smallest absolute Gasteiger partial charge is 0.261 e. The lowest BCUT2D eigenvalue weighted by Gasteiger charge is -2.42. The van der Waals surface area contributed by atoms with Crippen LogP contribution < -0.4 is 10.6 Å². The average molecular weight is 404 g/mol. The van der Waals surface area contributed by atoms with E-state index >= 15 is 0 Å². The van der Waals surface area contributed by atoms with E-state index in [4.69, 9.17) is 0 Å². The molecule has 1 unspecified atom stereocenters. The Morgan fingerprint density at radius 1 is 1.20 bits per heavy atom. The van der Waals surface area contributed by atoms with Crippen molar-refractivity contribution in [3.63, 3.8) is 0 Å². The van der Waals surface area contributed by atoms with Crippen molar-refractivity contribution in [2.75, 3.05) is 10.6 Å². The van der Waals surface area contributed by atoms with Crippen LogP contribution in [0.2, 0.25) is 0 Å². The fourth-order valence-electron chi connectivity index (χ4n) is 5.14. The lowest BCUT2D eigenvalue weighted by atomic mass is 9.78. The maximum absolute atomic E-state index is 13.2. The molecule has 1 aromatic carbocycles. The summed E-state index contributed by atoms with van der Waals surface area (Å²) in [5, 5.41) is 12.3. The van der Waals surface area contributed by atoms with Gasteiger partial charge in [0.2, 0.25) is 0 Å². The van der Waals surface area contributed by atoms with Crippen LogP contribution in [0.25, 0.3) is 10.9 Å². The molecule has 5 rings (SSSR count). The number of anilines is 2. The summed E-state index contributed by atoms with van der Waals surface area (Å²) >= 11 is 0. The van der Waals surface area contributed by atoms with Crippen LogP contribution in [0.3, 0.4) is 0 Å². The molecular weight excluding hydrogens is 374 g/mol. The zero-order valence-electron chi connectivity index (χ0n) is 17.7. The van der Waals surface area contributed by atoms with Crippen molar-refractivity contribution in [3.8, 4) is 0 Å². The van der Waals surface area contributed by atoms with Gasteiger partial charge in [-0.15, -0.1) is 0 Å². The molecule has 3 heterocycles. The second kappa shape index (κ2) is 7.42. The summed E-state index contributed by atoms with van der Waals surface area (Å²) in [4.78, 5) is 17.5. The Balaban J connectivity index is 1.41. The molecule has 0 saturated heterocycles. The monoisotopic (exact) mass is 403 g/mol. The predicted molar refractivity (Wildman–Crippen MR) is 120 cm³/mol. The number of nitrogens with zero attached hydrogens (tertiary/aromatic N) is 3. The van der Waals surface area contributed by atoms with Gasteiger partial charge in [-0.25, -0.2) is 4.68 Å². The van der Waals surface area contributed by atoms with Gasteiger partial charge in [-0.05, 0) is 63.3 Å². The molecule has 6 nitrogen and oxygen atoms in total. The minimum atomic E-state index is -0.132. The highest BCUT2D eigenvalue weighted by Crippen LogP contribution is 2.39. The number of amides is 1. The van der Waals surface area contributed by atoms with Crippen molar-refractivity contribution < 1.29 is 4.79 Å². The molecule has 1 fully saturated rings. The molecule has 1 amide bonds.